The molecular formula is C11H11N3OS. The van der Waals surface area contributed by atoms with Crippen molar-refractivity contribution < 1.29 is 4.79 Å². The molecule has 0 radical (unpaired) electrons. The lowest BCUT2D eigenvalue weighted by atomic mass is 10.2. The number of aromatic amines is 1. The summed E-state index contributed by atoms with van der Waals surface area (Å²) in [5.41, 5.74) is 1.30. The van der Waals surface area contributed by atoms with Gasteiger partial charge < -0.3 is 5.32 Å². The van der Waals surface area contributed by atoms with E-state index in [4.69, 9.17) is 0 Å². The van der Waals surface area contributed by atoms with Gasteiger partial charge >= 0.3 is 0 Å². The number of carbonyl (C=O) groups excluding carboxylic acids is 1. The molecule has 1 heterocycles. The number of nitrogens with zero attached hydrogens (tertiary/aromatic N) is 1. The first kappa shape index (κ1) is 10.8. The summed E-state index contributed by atoms with van der Waals surface area (Å²) in [5, 5.41) is 9.13. The highest BCUT2D eigenvalue weighted by molar-refractivity contribution is 7.98. The van der Waals surface area contributed by atoms with Crippen LogP contribution in [-0.4, -0.2) is 22.4 Å². The summed E-state index contributed by atoms with van der Waals surface area (Å²) in [6, 6.07) is 7.46. The third-order valence-electron chi connectivity index (χ3n) is 2.11. The van der Waals surface area contributed by atoms with E-state index in [0.29, 0.717) is 11.3 Å². The molecule has 2 aromatic rings. The normalized spacial score (nSPS) is 10.1. The Bertz CT molecular complexity index is 464. The fraction of sp³-hybridized carbons (Fsp3) is 0.0909. The lowest BCUT2D eigenvalue weighted by molar-refractivity contribution is 0.102. The lowest BCUT2D eigenvalue weighted by Crippen LogP contribution is -2.10. The fourth-order valence-electron chi connectivity index (χ4n) is 1.26. The van der Waals surface area contributed by atoms with Gasteiger partial charge in [-0.1, -0.05) is 0 Å². The Morgan fingerprint density at radius 1 is 1.38 bits per heavy atom. The number of nitrogens with one attached hydrogen (secondary N) is 2. The zero-order chi connectivity index (χ0) is 11.4. The molecule has 1 aromatic carbocycles. The number of anilines is 1. The molecule has 0 spiro atoms. The standard InChI is InChI=1S/C11H11N3OS/c1-16-10-4-2-8(3-5-10)11(15)14-9-6-12-13-7-9/h2-7H,1H3,(H,12,13)(H,14,15). The van der Waals surface area contributed by atoms with E-state index in [0.717, 1.165) is 4.90 Å². The Hall–Kier alpha value is -1.75. The molecule has 5 heteroatoms. The van der Waals surface area contributed by atoms with E-state index in [2.05, 4.69) is 15.5 Å². The van der Waals surface area contributed by atoms with Gasteiger partial charge in [0.15, 0.2) is 0 Å². The van der Waals surface area contributed by atoms with Crippen LogP contribution in [0.1, 0.15) is 10.4 Å². The van der Waals surface area contributed by atoms with Crippen molar-refractivity contribution >= 4 is 23.4 Å². The van der Waals surface area contributed by atoms with E-state index in [1.165, 1.54) is 0 Å². The Morgan fingerprint density at radius 3 is 2.69 bits per heavy atom. The summed E-state index contributed by atoms with van der Waals surface area (Å²) in [6.45, 7) is 0. The van der Waals surface area contributed by atoms with Crippen LogP contribution < -0.4 is 5.32 Å². The van der Waals surface area contributed by atoms with Crippen LogP contribution in [0.5, 0.6) is 0 Å². The number of hydrogen-bond acceptors (Lipinski definition) is 3. The van der Waals surface area contributed by atoms with Gasteiger partial charge in [-0.05, 0) is 30.5 Å². The molecule has 2 N–H and O–H groups in total. The molecule has 1 aromatic heterocycles. The average Bonchev–Trinajstić information content (AvgIpc) is 2.82. The van der Waals surface area contributed by atoms with Crippen molar-refractivity contribution in [3.8, 4) is 0 Å². The zero-order valence-electron chi connectivity index (χ0n) is 8.73. The molecule has 0 aliphatic rings. The third-order valence-corrected chi connectivity index (χ3v) is 2.85. The van der Waals surface area contributed by atoms with Gasteiger partial charge in [-0.15, -0.1) is 11.8 Å². The smallest absolute Gasteiger partial charge is 0.255 e. The van der Waals surface area contributed by atoms with Crippen molar-refractivity contribution in [2.24, 2.45) is 0 Å². The van der Waals surface area contributed by atoms with E-state index in [9.17, 15) is 4.79 Å². The molecule has 0 saturated carbocycles. The zero-order valence-corrected chi connectivity index (χ0v) is 9.54. The molecule has 0 aliphatic heterocycles. The molecule has 4 nitrogen and oxygen atoms in total. The van der Waals surface area contributed by atoms with Crippen molar-refractivity contribution in [1.29, 1.82) is 0 Å². The van der Waals surface area contributed by atoms with Crippen molar-refractivity contribution in [1.82, 2.24) is 10.2 Å². The van der Waals surface area contributed by atoms with Crippen LogP contribution in [-0.2, 0) is 0 Å². The summed E-state index contributed by atoms with van der Waals surface area (Å²) >= 11 is 1.65. The molecule has 2 rings (SSSR count). The first-order valence-electron chi connectivity index (χ1n) is 4.74. The fourth-order valence-corrected chi connectivity index (χ4v) is 1.67. The van der Waals surface area contributed by atoms with E-state index in [1.807, 2.05) is 18.4 Å². The van der Waals surface area contributed by atoms with Crippen LogP contribution >= 0.6 is 11.8 Å². The Labute approximate surface area is 97.5 Å². The van der Waals surface area contributed by atoms with Gasteiger partial charge in [0.05, 0.1) is 11.9 Å². The lowest BCUT2D eigenvalue weighted by Gasteiger charge is -2.02. The van der Waals surface area contributed by atoms with Crippen LogP contribution in [0.25, 0.3) is 0 Å². The van der Waals surface area contributed by atoms with Crippen LogP contribution in [0.3, 0.4) is 0 Å². The van der Waals surface area contributed by atoms with Gasteiger partial charge in [-0.2, -0.15) is 5.10 Å². The summed E-state index contributed by atoms with van der Waals surface area (Å²) in [7, 11) is 0. The van der Waals surface area contributed by atoms with Crippen molar-refractivity contribution in [2.75, 3.05) is 11.6 Å². The average molecular weight is 233 g/mol. The second-order valence-electron chi connectivity index (χ2n) is 3.17. The number of H-pyrrole nitrogens is 1. The van der Waals surface area contributed by atoms with E-state index >= 15 is 0 Å². The molecule has 0 fully saturated rings. The number of carbonyl (C=O) groups is 1. The maximum Gasteiger partial charge on any atom is 0.255 e. The Balaban J connectivity index is 2.09. The maximum absolute atomic E-state index is 11.8. The van der Waals surface area contributed by atoms with E-state index in [-0.39, 0.29) is 5.91 Å². The quantitative estimate of drug-likeness (QED) is 0.800. The molecule has 16 heavy (non-hydrogen) atoms. The highest BCUT2D eigenvalue weighted by atomic mass is 32.2. The highest BCUT2D eigenvalue weighted by Crippen LogP contribution is 2.15. The summed E-state index contributed by atoms with van der Waals surface area (Å²) in [6.07, 6.45) is 5.20. The van der Waals surface area contributed by atoms with Gasteiger partial charge in [0.25, 0.3) is 5.91 Å². The Morgan fingerprint density at radius 2 is 2.12 bits per heavy atom. The summed E-state index contributed by atoms with van der Waals surface area (Å²) in [4.78, 5) is 12.9. The minimum absolute atomic E-state index is 0.131. The second-order valence-corrected chi connectivity index (χ2v) is 4.05. The van der Waals surface area contributed by atoms with Gasteiger partial charge in [0.1, 0.15) is 0 Å². The molecule has 0 aliphatic carbocycles. The molecule has 0 bridgehead atoms. The molecule has 1 amide bonds. The van der Waals surface area contributed by atoms with E-state index in [1.54, 1.807) is 36.3 Å². The summed E-state index contributed by atoms with van der Waals surface area (Å²) < 4.78 is 0. The van der Waals surface area contributed by atoms with Crippen molar-refractivity contribution in [2.45, 2.75) is 4.90 Å². The number of aromatic nitrogens is 2. The predicted octanol–water partition coefficient (Wildman–Crippen LogP) is 2.38. The van der Waals surface area contributed by atoms with Crippen LogP contribution in [0.2, 0.25) is 0 Å². The SMILES string of the molecule is CSc1ccc(C(=O)Nc2cn[nH]c2)cc1. The van der Waals surface area contributed by atoms with Gasteiger partial charge in [-0.3, -0.25) is 9.89 Å². The number of rotatable bonds is 3. The van der Waals surface area contributed by atoms with Gasteiger partial charge in [0.2, 0.25) is 0 Å². The molecule has 82 valence electrons. The first-order chi connectivity index (χ1) is 7.79. The minimum atomic E-state index is -0.131. The minimum Gasteiger partial charge on any atom is -0.319 e. The van der Waals surface area contributed by atoms with Crippen LogP contribution in [0.15, 0.2) is 41.6 Å². The molecule has 0 saturated heterocycles. The maximum atomic E-state index is 11.8. The topological polar surface area (TPSA) is 57.8 Å². The van der Waals surface area contributed by atoms with Crippen LogP contribution in [0.4, 0.5) is 5.69 Å². The number of thioether (sulfide) groups is 1. The van der Waals surface area contributed by atoms with Crippen LogP contribution in [0, 0.1) is 0 Å². The molecule has 0 atom stereocenters. The monoisotopic (exact) mass is 233 g/mol. The third kappa shape index (κ3) is 2.43. The Kier molecular flexibility index (Phi) is 3.26. The summed E-state index contributed by atoms with van der Waals surface area (Å²) in [5.74, 6) is -0.131. The molecule has 0 unspecified atom stereocenters. The first-order valence-corrected chi connectivity index (χ1v) is 5.96. The largest absolute Gasteiger partial charge is 0.319 e. The van der Waals surface area contributed by atoms with Gasteiger partial charge in [0, 0.05) is 16.7 Å². The van der Waals surface area contributed by atoms with Gasteiger partial charge in [-0.25, -0.2) is 0 Å². The molecular weight excluding hydrogens is 222 g/mol. The van der Waals surface area contributed by atoms with Crippen molar-refractivity contribution in [3.05, 3.63) is 42.2 Å². The predicted molar refractivity (Wildman–Crippen MR) is 64.8 cm³/mol. The van der Waals surface area contributed by atoms with Crippen molar-refractivity contribution in [3.63, 3.8) is 0 Å². The number of benzene rings is 1. The number of amides is 1. The number of hydrogen-bond donors (Lipinski definition) is 2. The second kappa shape index (κ2) is 4.85. The highest BCUT2D eigenvalue weighted by Gasteiger charge is 2.05. The van der Waals surface area contributed by atoms with E-state index < -0.39 is 0 Å².